The molecule has 0 rings (SSSR count). The van der Waals surface area contributed by atoms with Gasteiger partial charge in [0.25, 0.3) is 0 Å². The molecule has 0 heterocycles. The van der Waals surface area contributed by atoms with Gasteiger partial charge in [0, 0.05) is 5.41 Å². The highest BCUT2D eigenvalue weighted by atomic mass is 32.2. The predicted molar refractivity (Wildman–Crippen MR) is 49.1 cm³/mol. The van der Waals surface area contributed by atoms with Gasteiger partial charge in [-0.3, -0.25) is 4.18 Å². The van der Waals surface area contributed by atoms with E-state index in [0.29, 0.717) is 0 Å². The van der Waals surface area contributed by atoms with E-state index in [2.05, 4.69) is 0 Å². The van der Waals surface area contributed by atoms with Gasteiger partial charge < -0.3 is 4.79 Å². The summed E-state index contributed by atoms with van der Waals surface area (Å²) in [4.78, 5) is 10.7. The van der Waals surface area contributed by atoms with Gasteiger partial charge in [-0.25, -0.2) is 4.21 Å². The first kappa shape index (κ1) is 11.8. The van der Waals surface area contributed by atoms with Crippen molar-refractivity contribution in [1.29, 1.82) is 0 Å². The predicted octanol–water partition coefficient (Wildman–Crippen LogP) is 1.30. The zero-order valence-electron chi connectivity index (χ0n) is 8.21. The molecular weight excluding hydrogens is 176 g/mol. The number of hydrogen-bond donors (Lipinski definition) is 0. The summed E-state index contributed by atoms with van der Waals surface area (Å²) in [6.07, 6.45) is 0.809. The van der Waals surface area contributed by atoms with Gasteiger partial charge in [-0.15, -0.1) is 0 Å². The van der Waals surface area contributed by atoms with E-state index in [4.69, 9.17) is 4.18 Å². The van der Waals surface area contributed by atoms with Crippen molar-refractivity contribution >= 4 is 17.4 Å². The Labute approximate surface area is 76.2 Å². The second-order valence-electron chi connectivity index (χ2n) is 3.75. The SMILES string of the molecule is COS(=O)C(C)(C)C(C)(C)C=O. The van der Waals surface area contributed by atoms with Crippen LogP contribution in [-0.2, 0) is 20.1 Å². The first-order valence-electron chi connectivity index (χ1n) is 3.72. The molecule has 0 radical (unpaired) electrons. The first-order valence-corrected chi connectivity index (χ1v) is 4.79. The van der Waals surface area contributed by atoms with E-state index in [1.54, 1.807) is 27.7 Å². The molecule has 0 aliphatic carbocycles. The third kappa shape index (κ3) is 1.93. The average molecular weight is 192 g/mol. The maximum absolute atomic E-state index is 11.4. The van der Waals surface area contributed by atoms with Crippen LogP contribution in [0.15, 0.2) is 0 Å². The molecular formula is C8H16O3S. The van der Waals surface area contributed by atoms with E-state index in [1.807, 2.05) is 0 Å². The Morgan fingerprint density at radius 3 is 1.92 bits per heavy atom. The summed E-state index contributed by atoms with van der Waals surface area (Å²) in [7, 11) is 1.37. The molecule has 72 valence electrons. The zero-order valence-corrected chi connectivity index (χ0v) is 9.03. The lowest BCUT2D eigenvalue weighted by Crippen LogP contribution is -2.44. The first-order chi connectivity index (χ1) is 5.29. The minimum Gasteiger partial charge on any atom is -0.303 e. The Morgan fingerprint density at radius 1 is 1.25 bits per heavy atom. The van der Waals surface area contributed by atoms with E-state index < -0.39 is 21.2 Å². The van der Waals surface area contributed by atoms with Crippen LogP contribution in [0, 0.1) is 5.41 Å². The highest BCUT2D eigenvalue weighted by molar-refractivity contribution is 7.81. The van der Waals surface area contributed by atoms with Gasteiger partial charge in [0.05, 0.1) is 11.9 Å². The third-order valence-electron chi connectivity index (χ3n) is 2.41. The molecule has 12 heavy (non-hydrogen) atoms. The molecule has 0 aromatic carbocycles. The maximum atomic E-state index is 11.4. The lowest BCUT2D eigenvalue weighted by molar-refractivity contribution is -0.115. The maximum Gasteiger partial charge on any atom is 0.161 e. The van der Waals surface area contributed by atoms with Gasteiger partial charge in [-0.05, 0) is 13.8 Å². The Bertz CT molecular complexity index is 196. The van der Waals surface area contributed by atoms with Crippen molar-refractivity contribution in [2.75, 3.05) is 7.11 Å². The van der Waals surface area contributed by atoms with Crippen LogP contribution in [0.25, 0.3) is 0 Å². The van der Waals surface area contributed by atoms with Gasteiger partial charge in [0.1, 0.15) is 6.29 Å². The molecule has 4 heteroatoms. The molecule has 0 aliphatic heterocycles. The second-order valence-corrected chi connectivity index (χ2v) is 5.57. The lowest BCUT2D eigenvalue weighted by atomic mass is 9.82. The molecule has 0 aromatic rings. The Kier molecular flexibility index (Phi) is 3.59. The smallest absolute Gasteiger partial charge is 0.161 e. The van der Waals surface area contributed by atoms with Crippen LogP contribution in [-0.4, -0.2) is 22.4 Å². The fraction of sp³-hybridized carbons (Fsp3) is 0.875. The molecule has 0 saturated carbocycles. The normalized spacial score (nSPS) is 15.8. The van der Waals surface area contributed by atoms with Crippen molar-refractivity contribution in [3.63, 3.8) is 0 Å². The number of hydrogen-bond acceptors (Lipinski definition) is 3. The van der Waals surface area contributed by atoms with Crippen LogP contribution < -0.4 is 0 Å². The Hall–Kier alpha value is -0.220. The van der Waals surface area contributed by atoms with Crippen LogP contribution >= 0.6 is 0 Å². The summed E-state index contributed by atoms with van der Waals surface area (Å²) in [5.41, 5.74) is -0.645. The number of aldehydes is 1. The van der Waals surface area contributed by atoms with Crippen molar-refractivity contribution in [3.05, 3.63) is 0 Å². The molecule has 1 atom stereocenters. The summed E-state index contributed by atoms with van der Waals surface area (Å²) in [6.45, 7) is 7.00. The largest absolute Gasteiger partial charge is 0.303 e. The van der Waals surface area contributed by atoms with Gasteiger partial charge in [-0.2, -0.15) is 0 Å². The van der Waals surface area contributed by atoms with Crippen LogP contribution in [0.5, 0.6) is 0 Å². The topological polar surface area (TPSA) is 43.4 Å². The molecule has 0 bridgehead atoms. The minimum atomic E-state index is -1.44. The lowest BCUT2D eigenvalue weighted by Gasteiger charge is -2.34. The summed E-state index contributed by atoms with van der Waals surface area (Å²) in [6, 6.07) is 0. The molecule has 1 unspecified atom stereocenters. The molecule has 0 amide bonds. The third-order valence-corrected chi connectivity index (χ3v) is 4.08. The number of rotatable bonds is 4. The van der Waals surface area contributed by atoms with Crippen molar-refractivity contribution in [1.82, 2.24) is 0 Å². The molecule has 0 fully saturated rings. The van der Waals surface area contributed by atoms with E-state index in [1.165, 1.54) is 7.11 Å². The molecule has 0 saturated heterocycles. The van der Waals surface area contributed by atoms with Crippen LogP contribution in [0.1, 0.15) is 27.7 Å². The zero-order chi connectivity index (χ0) is 9.99. The van der Waals surface area contributed by atoms with Crippen LogP contribution in [0.3, 0.4) is 0 Å². The van der Waals surface area contributed by atoms with Gasteiger partial charge in [0.2, 0.25) is 0 Å². The minimum absolute atomic E-state index is 0.645. The summed E-state index contributed by atoms with van der Waals surface area (Å²) in [5, 5.41) is 0. The highest BCUT2D eigenvalue weighted by Gasteiger charge is 2.42. The van der Waals surface area contributed by atoms with Gasteiger partial charge >= 0.3 is 0 Å². The van der Waals surface area contributed by atoms with Crippen LogP contribution in [0.2, 0.25) is 0 Å². The van der Waals surface area contributed by atoms with Crippen molar-refractivity contribution in [3.8, 4) is 0 Å². The van der Waals surface area contributed by atoms with Crippen molar-refractivity contribution in [2.24, 2.45) is 5.41 Å². The summed E-state index contributed by atoms with van der Waals surface area (Å²) in [5.74, 6) is 0. The summed E-state index contributed by atoms with van der Waals surface area (Å²) < 4.78 is 15.4. The molecule has 0 aliphatic rings. The number of carbonyl (C=O) groups is 1. The van der Waals surface area contributed by atoms with E-state index >= 15 is 0 Å². The van der Waals surface area contributed by atoms with Crippen molar-refractivity contribution < 1.29 is 13.2 Å². The molecule has 0 N–H and O–H groups in total. The number of carbonyl (C=O) groups excluding carboxylic acids is 1. The molecule has 3 nitrogen and oxygen atoms in total. The van der Waals surface area contributed by atoms with Gasteiger partial charge in [0.15, 0.2) is 11.1 Å². The highest BCUT2D eigenvalue weighted by Crippen LogP contribution is 2.33. The standard InChI is InChI=1S/C8H16O3S/c1-7(2,6-9)8(3,4)12(10)11-5/h6H,1-5H3. The average Bonchev–Trinajstić information content (AvgIpc) is 2.02. The Morgan fingerprint density at radius 2 is 1.67 bits per heavy atom. The quantitative estimate of drug-likeness (QED) is 0.631. The Balaban J connectivity index is 4.83. The van der Waals surface area contributed by atoms with E-state index in [0.717, 1.165) is 6.29 Å². The molecule has 0 spiro atoms. The van der Waals surface area contributed by atoms with Crippen molar-refractivity contribution in [2.45, 2.75) is 32.4 Å². The second kappa shape index (κ2) is 3.66. The summed E-state index contributed by atoms with van der Waals surface area (Å²) >= 11 is -1.44. The fourth-order valence-electron chi connectivity index (χ4n) is 0.565. The van der Waals surface area contributed by atoms with Gasteiger partial charge in [-0.1, -0.05) is 13.8 Å². The van der Waals surface area contributed by atoms with E-state index in [-0.39, 0.29) is 0 Å². The molecule has 0 aromatic heterocycles. The van der Waals surface area contributed by atoms with Crippen LogP contribution in [0.4, 0.5) is 0 Å². The fourth-order valence-corrected chi connectivity index (χ4v) is 1.46. The van der Waals surface area contributed by atoms with E-state index in [9.17, 15) is 9.00 Å². The monoisotopic (exact) mass is 192 g/mol.